The second kappa shape index (κ2) is 3.38. The zero-order chi connectivity index (χ0) is 11.4. The average Bonchev–Trinajstić information content (AvgIpc) is 2.80. The summed E-state index contributed by atoms with van der Waals surface area (Å²) >= 11 is 0. The Morgan fingerprint density at radius 2 is 1.88 bits per heavy atom. The Bertz CT molecular complexity index is 458. The number of hydrogen-bond donors (Lipinski definition) is 0. The summed E-state index contributed by atoms with van der Waals surface area (Å²) in [6.07, 6.45) is 2.88. The highest BCUT2D eigenvalue weighted by atomic mass is 16.5. The van der Waals surface area contributed by atoms with Gasteiger partial charge in [0.25, 0.3) is 0 Å². The molecule has 4 aliphatic carbocycles. The molecule has 0 amide bonds. The Labute approximate surface area is 102 Å². The van der Waals surface area contributed by atoms with Gasteiger partial charge in [0, 0.05) is 5.56 Å². The molecular weight excluding hydrogens is 208 g/mol. The molecule has 1 nitrogen and oxygen atoms in total. The molecule has 0 aromatic heterocycles. The molecule has 17 heavy (non-hydrogen) atoms. The zero-order valence-electron chi connectivity index (χ0n) is 10.2. The smallest absolute Gasteiger partial charge is 0.126 e. The van der Waals surface area contributed by atoms with Gasteiger partial charge in [0.1, 0.15) is 5.76 Å². The van der Waals surface area contributed by atoms with Crippen molar-refractivity contribution < 1.29 is 4.74 Å². The SMILES string of the molecule is CCOC(=C1C2CC3C(C2)C13)c1ccccc1. The molecule has 0 heterocycles. The molecule has 0 aliphatic heterocycles. The fourth-order valence-electron chi connectivity index (χ4n) is 4.23. The van der Waals surface area contributed by atoms with Crippen LogP contribution in [0.1, 0.15) is 25.3 Å². The van der Waals surface area contributed by atoms with Crippen molar-refractivity contribution in [3.05, 3.63) is 41.5 Å². The molecule has 2 atom stereocenters. The van der Waals surface area contributed by atoms with Gasteiger partial charge in [-0.05, 0) is 49.0 Å². The highest BCUT2D eigenvalue weighted by Gasteiger charge is 2.66. The lowest BCUT2D eigenvalue weighted by Crippen LogP contribution is -2.00. The van der Waals surface area contributed by atoms with Gasteiger partial charge in [-0.3, -0.25) is 0 Å². The molecule has 5 rings (SSSR count). The number of ether oxygens (including phenoxy) is 1. The Hall–Kier alpha value is -1.24. The second-order valence-electron chi connectivity index (χ2n) is 5.61. The van der Waals surface area contributed by atoms with Gasteiger partial charge in [0.2, 0.25) is 0 Å². The number of rotatable bonds is 3. The minimum absolute atomic E-state index is 0.780. The first kappa shape index (κ1) is 9.76. The maximum atomic E-state index is 5.99. The van der Waals surface area contributed by atoms with Gasteiger partial charge in [-0.25, -0.2) is 0 Å². The van der Waals surface area contributed by atoms with Gasteiger partial charge in [0.05, 0.1) is 6.61 Å². The first-order chi connectivity index (χ1) is 8.40. The van der Waals surface area contributed by atoms with E-state index < -0.39 is 0 Å². The summed E-state index contributed by atoms with van der Waals surface area (Å²) in [5, 5.41) is 0. The topological polar surface area (TPSA) is 9.23 Å². The molecule has 1 aromatic carbocycles. The van der Waals surface area contributed by atoms with Crippen molar-refractivity contribution >= 4 is 5.76 Å². The molecule has 4 fully saturated rings. The van der Waals surface area contributed by atoms with E-state index in [-0.39, 0.29) is 0 Å². The summed E-state index contributed by atoms with van der Waals surface area (Å²) < 4.78 is 5.99. The summed E-state index contributed by atoms with van der Waals surface area (Å²) in [6, 6.07) is 10.7. The highest BCUT2D eigenvalue weighted by molar-refractivity contribution is 5.67. The van der Waals surface area contributed by atoms with Crippen LogP contribution in [0.4, 0.5) is 0 Å². The minimum Gasteiger partial charge on any atom is -0.493 e. The van der Waals surface area contributed by atoms with E-state index in [9.17, 15) is 0 Å². The second-order valence-corrected chi connectivity index (χ2v) is 5.61. The molecule has 4 bridgehead atoms. The van der Waals surface area contributed by atoms with Crippen LogP contribution in [-0.2, 0) is 4.74 Å². The van der Waals surface area contributed by atoms with Gasteiger partial charge in [-0.1, -0.05) is 30.3 Å². The quantitative estimate of drug-likeness (QED) is 0.714. The van der Waals surface area contributed by atoms with Crippen LogP contribution in [0, 0.1) is 23.7 Å². The zero-order valence-corrected chi connectivity index (χ0v) is 10.2. The van der Waals surface area contributed by atoms with Crippen molar-refractivity contribution in [1.29, 1.82) is 0 Å². The molecule has 0 radical (unpaired) electrons. The number of benzene rings is 1. The van der Waals surface area contributed by atoms with E-state index in [2.05, 4.69) is 37.3 Å². The predicted octanol–water partition coefficient (Wildman–Crippen LogP) is 3.72. The first-order valence-electron chi connectivity index (χ1n) is 6.82. The van der Waals surface area contributed by atoms with E-state index in [1.54, 1.807) is 5.57 Å². The van der Waals surface area contributed by atoms with Gasteiger partial charge in [-0.2, -0.15) is 0 Å². The van der Waals surface area contributed by atoms with Crippen LogP contribution in [0.2, 0.25) is 0 Å². The standard InChI is InChI=1S/C16H18O/c1-2-17-16(10-6-4-3-5-7-10)14-11-8-12-13(9-11)15(12)14/h3-7,11-13,15H,2,8-9H2,1H3. The molecule has 0 saturated heterocycles. The summed E-state index contributed by atoms with van der Waals surface area (Å²) in [4.78, 5) is 0. The van der Waals surface area contributed by atoms with Crippen molar-refractivity contribution in [2.24, 2.45) is 23.7 Å². The van der Waals surface area contributed by atoms with Gasteiger partial charge < -0.3 is 4.74 Å². The van der Waals surface area contributed by atoms with Gasteiger partial charge in [0.15, 0.2) is 0 Å². The van der Waals surface area contributed by atoms with Crippen molar-refractivity contribution in [2.75, 3.05) is 6.61 Å². The third-order valence-electron chi connectivity index (χ3n) is 4.83. The lowest BCUT2D eigenvalue weighted by atomic mass is 10.0. The molecule has 1 heteroatoms. The summed E-state index contributed by atoms with van der Waals surface area (Å²) in [7, 11) is 0. The third-order valence-corrected chi connectivity index (χ3v) is 4.83. The van der Waals surface area contributed by atoms with Gasteiger partial charge in [-0.15, -0.1) is 0 Å². The van der Waals surface area contributed by atoms with E-state index in [4.69, 9.17) is 4.74 Å². The Balaban J connectivity index is 1.80. The third kappa shape index (κ3) is 1.25. The van der Waals surface area contributed by atoms with Gasteiger partial charge >= 0.3 is 0 Å². The van der Waals surface area contributed by atoms with Crippen LogP contribution in [0.3, 0.4) is 0 Å². The fraction of sp³-hybridized carbons (Fsp3) is 0.500. The van der Waals surface area contributed by atoms with E-state index in [0.717, 1.165) is 30.3 Å². The van der Waals surface area contributed by atoms with E-state index in [0.29, 0.717) is 0 Å². The average molecular weight is 226 g/mol. The fourth-order valence-corrected chi connectivity index (χ4v) is 4.23. The molecular formula is C16H18O. The molecule has 4 aliphatic rings. The van der Waals surface area contributed by atoms with E-state index in [1.165, 1.54) is 24.2 Å². The summed E-state index contributed by atoms with van der Waals surface area (Å²) in [5.74, 6) is 4.99. The van der Waals surface area contributed by atoms with Crippen LogP contribution in [0.5, 0.6) is 0 Å². The molecule has 1 aromatic rings. The number of hydrogen-bond acceptors (Lipinski definition) is 1. The molecule has 0 spiro atoms. The predicted molar refractivity (Wildman–Crippen MR) is 68.2 cm³/mol. The van der Waals surface area contributed by atoms with Crippen LogP contribution in [0.15, 0.2) is 35.9 Å². The number of allylic oxidation sites excluding steroid dienone is 1. The monoisotopic (exact) mass is 226 g/mol. The Kier molecular flexibility index (Phi) is 1.94. The Morgan fingerprint density at radius 3 is 2.41 bits per heavy atom. The van der Waals surface area contributed by atoms with E-state index in [1.807, 2.05) is 0 Å². The normalized spacial score (nSPS) is 39.4. The summed E-state index contributed by atoms with van der Waals surface area (Å²) in [6.45, 7) is 2.87. The van der Waals surface area contributed by atoms with E-state index >= 15 is 0 Å². The van der Waals surface area contributed by atoms with Crippen molar-refractivity contribution in [3.63, 3.8) is 0 Å². The largest absolute Gasteiger partial charge is 0.493 e. The lowest BCUT2D eigenvalue weighted by Gasteiger charge is -2.15. The van der Waals surface area contributed by atoms with Crippen molar-refractivity contribution in [2.45, 2.75) is 19.8 Å². The minimum atomic E-state index is 0.780. The Morgan fingerprint density at radius 1 is 1.18 bits per heavy atom. The van der Waals surface area contributed by atoms with Crippen LogP contribution in [-0.4, -0.2) is 6.61 Å². The van der Waals surface area contributed by atoms with Crippen LogP contribution in [0.25, 0.3) is 5.76 Å². The molecule has 4 saturated carbocycles. The highest BCUT2D eigenvalue weighted by Crippen LogP contribution is 2.74. The summed E-state index contributed by atoms with van der Waals surface area (Å²) in [5.41, 5.74) is 2.94. The maximum Gasteiger partial charge on any atom is 0.126 e. The van der Waals surface area contributed by atoms with Crippen molar-refractivity contribution in [3.8, 4) is 0 Å². The van der Waals surface area contributed by atoms with Crippen molar-refractivity contribution in [1.82, 2.24) is 0 Å². The molecule has 2 unspecified atom stereocenters. The molecule has 88 valence electrons. The van der Waals surface area contributed by atoms with Crippen LogP contribution < -0.4 is 0 Å². The molecule has 0 N–H and O–H groups in total. The lowest BCUT2D eigenvalue weighted by molar-refractivity contribution is 0.293. The van der Waals surface area contributed by atoms with Crippen LogP contribution >= 0.6 is 0 Å². The first-order valence-corrected chi connectivity index (χ1v) is 6.82. The maximum absolute atomic E-state index is 5.99.